The predicted octanol–water partition coefficient (Wildman–Crippen LogP) is 3.04. The van der Waals surface area contributed by atoms with Gasteiger partial charge in [-0.3, -0.25) is 0 Å². The highest BCUT2D eigenvalue weighted by molar-refractivity contribution is 5.49. The lowest BCUT2D eigenvalue weighted by atomic mass is 10.1. The minimum Gasteiger partial charge on any atom is -0.306 e. The fraction of sp³-hybridized carbons (Fsp3) is 0.438. The third-order valence-corrected chi connectivity index (χ3v) is 2.82. The van der Waals surface area contributed by atoms with Gasteiger partial charge in [-0.1, -0.05) is 6.07 Å². The number of hydrogen-bond donors (Lipinski definition) is 1. The van der Waals surface area contributed by atoms with Crippen molar-refractivity contribution in [1.82, 2.24) is 20.3 Å². The molecule has 2 aromatic rings. The predicted molar refractivity (Wildman–Crippen MR) is 81.3 cm³/mol. The van der Waals surface area contributed by atoms with E-state index in [9.17, 15) is 0 Å². The van der Waals surface area contributed by atoms with Gasteiger partial charge in [-0.05, 0) is 52.8 Å². The van der Waals surface area contributed by atoms with Gasteiger partial charge in [0.2, 0.25) is 0 Å². The van der Waals surface area contributed by atoms with Crippen LogP contribution in [0.1, 0.15) is 37.9 Å². The lowest BCUT2D eigenvalue weighted by Gasteiger charge is -2.20. The number of nitrogens with zero attached hydrogens (tertiary/aromatic N) is 3. The number of hydrogen-bond acceptors (Lipinski definition) is 4. The zero-order chi connectivity index (χ0) is 14.8. The van der Waals surface area contributed by atoms with Crippen molar-refractivity contribution in [3.8, 4) is 11.5 Å². The van der Waals surface area contributed by atoms with E-state index in [0.717, 1.165) is 29.3 Å². The van der Waals surface area contributed by atoms with Crippen molar-refractivity contribution in [2.75, 3.05) is 0 Å². The third-order valence-electron chi connectivity index (χ3n) is 2.82. The molecule has 0 radical (unpaired) electrons. The van der Waals surface area contributed by atoms with Crippen molar-refractivity contribution >= 4 is 0 Å². The van der Waals surface area contributed by atoms with Gasteiger partial charge in [0, 0.05) is 23.5 Å². The van der Waals surface area contributed by atoms with Crippen molar-refractivity contribution in [3.63, 3.8) is 0 Å². The van der Waals surface area contributed by atoms with Crippen LogP contribution >= 0.6 is 0 Å². The summed E-state index contributed by atoms with van der Waals surface area (Å²) in [5, 5.41) is 3.44. The maximum atomic E-state index is 4.61. The van der Waals surface area contributed by atoms with E-state index in [4.69, 9.17) is 0 Å². The van der Waals surface area contributed by atoms with Crippen LogP contribution in [0.4, 0.5) is 0 Å². The average Bonchev–Trinajstić information content (AvgIpc) is 2.35. The SMILES string of the molecule is Cc1cccc(-c2nc(C)cc(CNC(C)(C)C)n2)n1. The summed E-state index contributed by atoms with van der Waals surface area (Å²) in [6.07, 6.45) is 0. The molecule has 0 aliphatic rings. The molecule has 0 amide bonds. The Morgan fingerprint density at radius 2 is 1.75 bits per heavy atom. The van der Waals surface area contributed by atoms with Gasteiger partial charge < -0.3 is 5.32 Å². The van der Waals surface area contributed by atoms with Crippen molar-refractivity contribution in [3.05, 3.63) is 41.3 Å². The molecule has 0 aliphatic heterocycles. The van der Waals surface area contributed by atoms with Gasteiger partial charge in [0.25, 0.3) is 0 Å². The highest BCUT2D eigenvalue weighted by atomic mass is 15.0. The summed E-state index contributed by atoms with van der Waals surface area (Å²) in [6.45, 7) is 11.1. The number of aromatic nitrogens is 3. The number of aryl methyl sites for hydroxylation is 2. The monoisotopic (exact) mass is 270 g/mol. The van der Waals surface area contributed by atoms with Gasteiger partial charge in [-0.2, -0.15) is 0 Å². The molecule has 0 saturated heterocycles. The molecule has 20 heavy (non-hydrogen) atoms. The second kappa shape index (κ2) is 5.67. The second-order valence-electron chi connectivity index (χ2n) is 6.09. The first-order valence-corrected chi connectivity index (χ1v) is 6.87. The fourth-order valence-corrected chi connectivity index (χ4v) is 1.86. The molecule has 0 fully saturated rings. The molecular formula is C16H22N4. The highest BCUT2D eigenvalue weighted by Crippen LogP contribution is 2.14. The third kappa shape index (κ3) is 4.10. The molecule has 4 nitrogen and oxygen atoms in total. The first-order chi connectivity index (χ1) is 9.33. The van der Waals surface area contributed by atoms with Crippen molar-refractivity contribution in [2.24, 2.45) is 0 Å². The molecule has 1 N–H and O–H groups in total. The summed E-state index contributed by atoms with van der Waals surface area (Å²) in [5.41, 5.74) is 3.82. The van der Waals surface area contributed by atoms with E-state index in [0.29, 0.717) is 5.82 Å². The van der Waals surface area contributed by atoms with Gasteiger partial charge in [-0.25, -0.2) is 15.0 Å². The van der Waals surface area contributed by atoms with Gasteiger partial charge in [0.05, 0.1) is 5.69 Å². The van der Waals surface area contributed by atoms with E-state index in [-0.39, 0.29) is 5.54 Å². The van der Waals surface area contributed by atoms with E-state index in [1.807, 2.05) is 38.1 Å². The van der Waals surface area contributed by atoms with Crippen LogP contribution in [-0.4, -0.2) is 20.5 Å². The Bertz CT molecular complexity index is 600. The van der Waals surface area contributed by atoms with Crippen LogP contribution in [-0.2, 0) is 6.54 Å². The molecule has 0 unspecified atom stereocenters. The standard InChI is InChI=1S/C16H22N4/c1-11-7-6-8-14(18-11)15-19-12(2)9-13(20-15)10-17-16(3,4)5/h6-9,17H,10H2,1-5H3. The Labute approximate surface area is 120 Å². The minimum atomic E-state index is 0.0700. The molecule has 106 valence electrons. The lowest BCUT2D eigenvalue weighted by molar-refractivity contribution is 0.421. The zero-order valence-electron chi connectivity index (χ0n) is 12.9. The smallest absolute Gasteiger partial charge is 0.178 e. The van der Waals surface area contributed by atoms with Crippen molar-refractivity contribution in [1.29, 1.82) is 0 Å². The van der Waals surface area contributed by atoms with E-state index < -0.39 is 0 Å². The van der Waals surface area contributed by atoms with E-state index >= 15 is 0 Å². The largest absolute Gasteiger partial charge is 0.306 e. The van der Waals surface area contributed by atoms with Crippen LogP contribution in [0, 0.1) is 13.8 Å². The number of rotatable bonds is 3. The summed E-state index contributed by atoms with van der Waals surface area (Å²) in [7, 11) is 0. The Balaban J connectivity index is 2.29. The summed E-state index contributed by atoms with van der Waals surface area (Å²) < 4.78 is 0. The Kier molecular flexibility index (Phi) is 4.14. The molecule has 2 rings (SSSR count). The summed E-state index contributed by atoms with van der Waals surface area (Å²) >= 11 is 0. The lowest BCUT2D eigenvalue weighted by Crippen LogP contribution is -2.35. The van der Waals surface area contributed by atoms with Crippen LogP contribution in [0.5, 0.6) is 0 Å². The molecule has 0 bridgehead atoms. The maximum Gasteiger partial charge on any atom is 0.178 e. The Morgan fingerprint density at radius 3 is 2.40 bits per heavy atom. The zero-order valence-corrected chi connectivity index (χ0v) is 12.9. The highest BCUT2D eigenvalue weighted by Gasteiger charge is 2.11. The van der Waals surface area contributed by atoms with Crippen LogP contribution in [0.3, 0.4) is 0 Å². The Morgan fingerprint density at radius 1 is 1.00 bits per heavy atom. The van der Waals surface area contributed by atoms with Gasteiger partial charge in [0.1, 0.15) is 5.69 Å². The molecule has 2 aromatic heterocycles. The quantitative estimate of drug-likeness (QED) is 0.931. The van der Waals surface area contributed by atoms with Gasteiger partial charge >= 0.3 is 0 Å². The molecule has 0 atom stereocenters. The molecular weight excluding hydrogens is 248 g/mol. The molecule has 0 aromatic carbocycles. The topological polar surface area (TPSA) is 50.7 Å². The van der Waals surface area contributed by atoms with Crippen LogP contribution in [0.25, 0.3) is 11.5 Å². The van der Waals surface area contributed by atoms with E-state index in [1.165, 1.54) is 0 Å². The van der Waals surface area contributed by atoms with E-state index in [1.54, 1.807) is 0 Å². The van der Waals surface area contributed by atoms with Crippen LogP contribution in [0.15, 0.2) is 24.3 Å². The molecule has 0 saturated carbocycles. The van der Waals surface area contributed by atoms with Crippen molar-refractivity contribution < 1.29 is 0 Å². The molecule has 4 heteroatoms. The first-order valence-electron chi connectivity index (χ1n) is 6.87. The maximum absolute atomic E-state index is 4.61. The van der Waals surface area contributed by atoms with Gasteiger partial charge in [-0.15, -0.1) is 0 Å². The first kappa shape index (κ1) is 14.6. The fourth-order valence-electron chi connectivity index (χ4n) is 1.86. The molecule has 0 spiro atoms. The van der Waals surface area contributed by atoms with E-state index in [2.05, 4.69) is 41.0 Å². The average molecular weight is 270 g/mol. The second-order valence-corrected chi connectivity index (χ2v) is 6.09. The summed E-state index contributed by atoms with van der Waals surface area (Å²) in [6, 6.07) is 7.92. The normalized spacial score (nSPS) is 11.7. The molecule has 2 heterocycles. The number of nitrogens with one attached hydrogen (secondary N) is 1. The van der Waals surface area contributed by atoms with Gasteiger partial charge in [0.15, 0.2) is 5.82 Å². The molecule has 0 aliphatic carbocycles. The van der Waals surface area contributed by atoms with Crippen molar-refractivity contribution in [2.45, 2.75) is 46.7 Å². The summed E-state index contributed by atoms with van der Waals surface area (Å²) in [5.74, 6) is 0.694. The van der Waals surface area contributed by atoms with Crippen LogP contribution < -0.4 is 5.32 Å². The number of pyridine rings is 1. The Hall–Kier alpha value is -1.81. The summed E-state index contributed by atoms with van der Waals surface area (Å²) in [4.78, 5) is 13.6. The van der Waals surface area contributed by atoms with Crippen LogP contribution in [0.2, 0.25) is 0 Å². The minimum absolute atomic E-state index is 0.0700.